The number of ether oxygens (including phenoxy) is 1. The highest BCUT2D eigenvalue weighted by Crippen LogP contribution is 2.32. The van der Waals surface area contributed by atoms with Crippen molar-refractivity contribution in [1.82, 2.24) is 25.4 Å². The third-order valence-corrected chi connectivity index (χ3v) is 5.05. The first-order valence-corrected chi connectivity index (χ1v) is 8.65. The summed E-state index contributed by atoms with van der Waals surface area (Å²) in [6, 6.07) is 3.75. The number of amides is 1. The second kappa shape index (κ2) is 6.34. The number of aromatic nitrogens is 3. The molecule has 0 atom stereocenters. The van der Waals surface area contributed by atoms with Crippen molar-refractivity contribution in [2.24, 2.45) is 0 Å². The minimum atomic E-state index is -0.186. The lowest BCUT2D eigenvalue weighted by atomic mass is 10.2. The van der Waals surface area contributed by atoms with Crippen LogP contribution >= 0.6 is 11.3 Å². The number of fused-ring (bicyclic) bond motifs is 3. The highest BCUT2D eigenvalue weighted by molar-refractivity contribution is 7.23. The molecule has 4 rings (SSSR count). The van der Waals surface area contributed by atoms with Crippen LogP contribution in [0.5, 0.6) is 0 Å². The zero-order chi connectivity index (χ0) is 16.5. The molecule has 1 aliphatic rings. The molecule has 0 bridgehead atoms. The number of aromatic amines is 1. The second-order valence-corrected chi connectivity index (χ2v) is 6.70. The smallest absolute Gasteiger partial charge is 0.272 e. The molecular weight excluding hydrogens is 328 g/mol. The third-order valence-electron chi connectivity index (χ3n) is 4.13. The van der Waals surface area contributed by atoms with Crippen LogP contribution in [0.3, 0.4) is 0 Å². The molecule has 24 heavy (non-hydrogen) atoms. The SMILES string of the molecule is Nc1nc2ccc3[nH]nc(C(=O)NCCN4CCOCC4)c3c2s1. The number of nitrogen functional groups attached to an aromatic ring is 1. The first-order valence-electron chi connectivity index (χ1n) is 7.84. The van der Waals surface area contributed by atoms with Gasteiger partial charge in [0, 0.05) is 26.2 Å². The van der Waals surface area contributed by atoms with Gasteiger partial charge in [-0.15, -0.1) is 0 Å². The van der Waals surface area contributed by atoms with E-state index in [4.69, 9.17) is 10.5 Å². The predicted molar refractivity (Wildman–Crippen MR) is 93.3 cm³/mol. The maximum atomic E-state index is 12.5. The number of anilines is 1. The second-order valence-electron chi connectivity index (χ2n) is 5.67. The molecule has 1 aromatic carbocycles. The monoisotopic (exact) mass is 346 g/mol. The number of nitrogens with zero attached hydrogens (tertiary/aromatic N) is 3. The maximum absolute atomic E-state index is 12.5. The minimum absolute atomic E-state index is 0.186. The maximum Gasteiger partial charge on any atom is 0.272 e. The van der Waals surface area contributed by atoms with Gasteiger partial charge in [-0.25, -0.2) is 4.98 Å². The highest BCUT2D eigenvalue weighted by Gasteiger charge is 2.18. The van der Waals surface area contributed by atoms with Crippen LogP contribution in [-0.2, 0) is 4.74 Å². The quantitative estimate of drug-likeness (QED) is 0.645. The van der Waals surface area contributed by atoms with E-state index in [0.29, 0.717) is 17.4 Å². The Kier molecular flexibility index (Phi) is 4.05. The Hall–Kier alpha value is -2.23. The lowest BCUT2D eigenvalue weighted by Gasteiger charge is -2.26. The lowest BCUT2D eigenvalue weighted by molar-refractivity contribution is 0.0383. The van der Waals surface area contributed by atoms with Crippen LogP contribution in [-0.4, -0.2) is 65.4 Å². The van der Waals surface area contributed by atoms with E-state index in [1.165, 1.54) is 11.3 Å². The molecule has 0 unspecified atom stereocenters. The highest BCUT2D eigenvalue weighted by atomic mass is 32.1. The first-order chi connectivity index (χ1) is 11.7. The van der Waals surface area contributed by atoms with Gasteiger partial charge in [-0.05, 0) is 12.1 Å². The number of morpholine rings is 1. The van der Waals surface area contributed by atoms with Crippen LogP contribution in [0.4, 0.5) is 5.13 Å². The van der Waals surface area contributed by atoms with E-state index in [2.05, 4.69) is 25.4 Å². The van der Waals surface area contributed by atoms with E-state index < -0.39 is 0 Å². The number of thiazole rings is 1. The standard InChI is InChI=1S/C15H18N6O2S/c16-15-18-10-2-1-9-11(13(10)24-15)12(20-19-9)14(22)17-3-4-21-5-7-23-8-6-21/h1-2H,3-8H2,(H2,16,18)(H,17,22)(H,19,20). The van der Waals surface area contributed by atoms with Crippen LogP contribution < -0.4 is 11.1 Å². The van der Waals surface area contributed by atoms with Gasteiger partial charge in [-0.3, -0.25) is 14.8 Å². The molecule has 2 aromatic heterocycles. The fraction of sp³-hybridized carbons (Fsp3) is 0.400. The van der Waals surface area contributed by atoms with E-state index in [0.717, 1.165) is 54.0 Å². The average molecular weight is 346 g/mol. The summed E-state index contributed by atoms with van der Waals surface area (Å²) in [7, 11) is 0. The predicted octanol–water partition coefficient (Wildman–Crippen LogP) is 0.817. The van der Waals surface area contributed by atoms with Gasteiger partial charge in [0.25, 0.3) is 5.91 Å². The van der Waals surface area contributed by atoms with Crippen LogP contribution in [0.15, 0.2) is 12.1 Å². The van der Waals surface area contributed by atoms with Crippen molar-refractivity contribution in [3.63, 3.8) is 0 Å². The van der Waals surface area contributed by atoms with Crippen molar-refractivity contribution in [2.75, 3.05) is 45.1 Å². The molecule has 1 amide bonds. The average Bonchev–Trinajstić information content (AvgIpc) is 3.17. The molecule has 1 saturated heterocycles. The summed E-state index contributed by atoms with van der Waals surface area (Å²) in [6.07, 6.45) is 0. The summed E-state index contributed by atoms with van der Waals surface area (Å²) >= 11 is 1.37. The molecule has 1 fully saturated rings. The molecule has 3 aromatic rings. The number of carbonyl (C=O) groups is 1. The Balaban J connectivity index is 1.52. The largest absolute Gasteiger partial charge is 0.379 e. The van der Waals surface area contributed by atoms with E-state index in [1.54, 1.807) is 0 Å². The Morgan fingerprint density at radius 3 is 3.08 bits per heavy atom. The van der Waals surface area contributed by atoms with Crippen LogP contribution in [0.2, 0.25) is 0 Å². The van der Waals surface area contributed by atoms with E-state index in [1.807, 2.05) is 12.1 Å². The van der Waals surface area contributed by atoms with Gasteiger partial charge in [0.15, 0.2) is 10.8 Å². The number of nitrogens with two attached hydrogens (primary N) is 1. The first kappa shape index (κ1) is 15.3. The van der Waals surface area contributed by atoms with Crippen molar-refractivity contribution in [3.05, 3.63) is 17.8 Å². The lowest BCUT2D eigenvalue weighted by Crippen LogP contribution is -2.41. The van der Waals surface area contributed by atoms with Crippen molar-refractivity contribution in [3.8, 4) is 0 Å². The summed E-state index contributed by atoms with van der Waals surface area (Å²) in [5.74, 6) is -0.186. The molecule has 0 saturated carbocycles. The Morgan fingerprint density at radius 1 is 1.42 bits per heavy atom. The zero-order valence-electron chi connectivity index (χ0n) is 13.0. The van der Waals surface area contributed by atoms with Crippen molar-refractivity contribution >= 4 is 43.5 Å². The van der Waals surface area contributed by atoms with Crippen molar-refractivity contribution in [2.45, 2.75) is 0 Å². The number of hydrogen-bond donors (Lipinski definition) is 3. The molecule has 126 valence electrons. The van der Waals surface area contributed by atoms with E-state index >= 15 is 0 Å². The zero-order valence-corrected chi connectivity index (χ0v) is 13.9. The number of hydrogen-bond acceptors (Lipinski definition) is 7. The van der Waals surface area contributed by atoms with E-state index in [-0.39, 0.29) is 5.91 Å². The van der Waals surface area contributed by atoms with Crippen molar-refractivity contribution < 1.29 is 9.53 Å². The topological polar surface area (TPSA) is 109 Å². The number of H-pyrrole nitrogens is 1. The summed E-state index contributed by atoms with van der Waals surface area (Å²) in [4.78, 5) is 19.1. The molecule has 0 aliphatic carbocycles. The fourth-order valence-corrected chi connectivity index (χ4v) is 3.79. The number of benzene rings is 1. The van der Waals surface area contributed by atoms with Gasteiger partial charge in [-0.2, -0.15) is 5.10 Å². The van der Waals surface area contributed by atoms with Gasteiger partial charge in [0.2, 0.25) is 0 Å². The van der Waals surface area contributed by atoms with Crippen LogP contribution in [0.1, 0.15) is 10.5 Å². The van der Waals surface area contributed by atoms with E-state index in [9.17, 15) is 4.79 Å². The summed E-state index contributed by atoms with van der Waals surface area (Å²) in [6.45, 7) is 4.70. The van der Waals surface area contributed by atoms with Gasteiger partial charge < -0.3 is 15.8 Å². The summed E-state index contributed by atoms with van der Waals surface area (Å²) in [5.41, 5.74) is 7.79. The molecular formula is C15H18N6O2S. The molecule has 3 heterocycles. The molecule has 4 N–H and O–H groups in total. The van der Waals surface area contributed by atoms with Crippen LogP contribution in [0, 0.1) is 0 Å². The Bertz CT molecular complexity index is 883. The molecule has 9 heteroatoms. The fourth-order valence-electron chi connectivity index (χ4n) is 2.91. The molecule has 1 aliphatic heterocycles. The minimum Gasteiger partial charge on any atom is -0.379 e. The third kappa shape index (κ3) is 2.81. The number of carbonyl (C=O) groups excluding carboxylic acids is 1. The summed E-state index contributed by atoms with van der Waals surface area (Å²) < 4.78 is 6.21. The van der Waals surface area contributed by atoms with Crippen molar-refractivity contribution in [1.29, 1.82) is 0 Å². The van der Waals surface area contributed by atoms with Gasteiger partial charge in [0.05, 0.1) is 34.3 Å². The number of nitrogens with one attached hydrogen (secondary N) is 2. The Morgan fingerprint density at radius 2 is 2.25 bits per heavy atom. The molecule has 8 nitrogen and oxygen atoms in total. The number of rotatable bonds is 4. The molecule has 0 radical (unpaired) electrons. The van der Waals surface area contributed by atoms with Gasteiger partial charge >= 0.3 is 0 Å². The van der Waals surface area contributed by atoms with Crippen LogP contribution in [0.25, 0.3) is 21.1 Å². The van der Waals surface area contributed by atoms with Gasteiger partial charge in [-0.1, -0.05) is 11.3 Å². The summed E-state index contributed by atoms with van der Waals surface area (Å²) in [5, 5.41) is 11.3. The Labute approximate surface area is 142 Å². The van der Waals surface area contributed by atoms with Gasteiger partial charge in [0.1, 0.15) is 0 Å². The molecule has 0 spiro atoms. The normalized spacial score (nSPS) is 16.0.